The largest absolute Gasteiger partial charge is 0.418 e. The highest BCUT2D eigenvalue weighted by molar-refractivity contribution is 5.89. The predicted octanol–water partition coefficient (Wildman–Crippen LogP) is 3.81. The minimum Gasteiger partial charge on any atom is -0.376 e. The van der Waals surface area contributed by atoms with Crippen LogP contribution >= 0.6 is 0 Å². The third kappa shape index (κ3) is 5.87. The summed E-state index contributed by atoms with van der Waals surface area (Å²) >= 11 is 0. The van der Waals surface area contributed by atoms with Gasteiger partial charge in [0.15, 0.2) is 0 Å². The van der Waals surface area contributed by atoms with Gasteiger partial charge >= 0.3 is 6.18 Å². The van der Waals surface area contributed by atoms with E-state index in [1.807, 2.05) is 0 Å². The molecule has 152 valence electrons. The summed E-state index contributed by atoms with van der Waals surface area (Å²) in [5.41, 5.74) is -2.21. The summed E-state index contributed by atoms with van der Waals surface area (Å²) in [4.78, 5) is 23.3. The van der Waals surface area contributed by atoms with E-state index in [2.05, 4.69) is 22.0 Å². The van der Waals surface area contributed by atoms with E-state index < -0.39 is 35.6 Å². The van der Waals surface area contributed by atoms with Crippen molar-refractivity contribution < 1.29 is 22.8 Å². The molecule has 1 aromatic rings. The van der Waals surface area contributed by atoms with Crippen molar-refractivity contribution >= 4 is 23.2 Å². The van der Waals surface area contributed by atoms with Gasteiger partial charge in [0.05, 0.1) is 18.2 Å². The van der Waals surface area contributed by atoms with Gasteiger partial charge in [-0.3, -0.25) is 9.59 Å². The standard InChI is InChI=1S/C19H23F3N4O2/c1-13(27)25-14-6-7-16(15(10-14)19(20,21)22)24-11-17(28)26-18(12-23)8-4-2-3-5-9-18/h6-7,10,24H,2-5,8-9,11H2,1H3,(H,25,27)(H,26,28). The predicted molar refractivity (Wildman–Crippen MR) is 98.4 cm³/mol. The molecule has 1 saturated carbocycles. The molecule has 1 aromatic carbocycles. The van der Waals surface area contributed by atoms with Gasteiger partial charge < -0.3 is 16.0 Å². The number of amides is 2. The van der Waals surface area contributed by atoms with E-state index in [-0.39, 0.29) is 11.4 Å². The zero-order valence-electron chi connectivity index (χ0n) is 15.6. The molecule has 2 amide bonds. The van der Waals surface area contributed by atoms with Gasteiger partial charge in [-0.15, -0.1) is 0 Å². The Kier molecular flexibility index (Phi) is 6.89. The van der Waals surface area contributed by atoms with Crippen LogP contribution in [0, 0.1) is 11.3 Å². The summed E-state index contributed by atoms with van der Waals surface area (Å²) in [6, 6.07) is 5.46. The topological polar surface area (TPSA) is 94.0 Å². The highest BCUT2D eigenvalue weighted by Crippen LogP contribution is 2.36. The number of alkyl halides is 3. The number of hydrogen-bond donors (Lipinski definition) is 3. The Morgan fingerprint density at radius 3 is 2.36 bits per heavy atom. The molecule has 1 aliphatic carbocycles. The number of anilines is 2. The van der Waals surface area contributed by atoms with Gasteiger partial charge in [-0.1, -0.05) is 25.7 Å². The summed E-state index contributed by atoms with van der Waals surface area (Å²) in [5, 5.41) is 17.0. The first-order chi connectivity index (χ1) is 13.1. The Morgan fingerprint density at radius 2 is 1.82 bits per heavy atom. The van der Waals surface area contributed by atoms with Crippen molar-refractivity contribution in [2.75, 3.05) is 17.2 Å². The van der Waals surface area contributed by atoms with E-state index in [9.17, 15) is 28.0 Å². The summed E-state index contributed by atoms with van der Waals surface area (Å²) in [5.74, 6) is -1.03. The molecule has 0 aromatic heterocycles. The summed E-state index contributed by atoms with van der Waals surface area (Å²) in [7, 11) is 0. The number of rotatable bonds is 5. The molecule has 3 N–H and O–H groups in total. The first kappa shape index (κ1) is 21.5. The first-order valence-electron chi connectivity index (χ1n) is 9.10. The molecule has 0 saturated heterocycles. The monoisotopic (exact) mass is 396 g/mol. The summed E-state index contributed by atoms with van der Waals surface area (Å²) in [6.07, 6.45) is 0.0415. The van der Waals surface area contributed by atoms with E-state index in [4.69, 9.17) is 0 Å². The van der Waals surface area contributed by atoms with Crippen LogP contribution in [-0.4, -0.2) is 23.9 Å². The molecule has 1 aliphatic rings. The third-order valence-corrected chi connectivity index (χ3v) is 4.63. The molecular formula is C19H23F3N4O2. The number of carbonyl (C=O) groups excluding carboxylic acids is 2. The molecule has 1 fully saturated rings. The second-order valence-electron chi connectivity index (χ2n) is 6.95. The number of nitriles is 1. The van der Waals surface area contributed by atoms with Crippen LogP contribution in [0.4, 0.5) is 24.5 Å². The van der Waals surface area contributed by atoms with Gasteiger partial charge in [0.2, 0.25) is 11.8 Å². The average Bonchev–Trinajstić information content (AvgIpc) is 2.85. The van der Waals surface area contributed by atoms with E-state index >= 15 is 0 Å². The SMILES string of the molecule is CC(=O)Nc1ccc(NCC(=O)NC2(C#N)CCCCCC2)c(C(F)(F)F)c1. The Hall–Kier alpha value is -2.76. The van der Waals surface area contributed by atoms with Crippen LogP contribution in [0.25, 0.3) is 0 Å². The summed E-state index contributed by atoms with van der Waals surface area (Å²) in [6.45, 7) is 0.800. The molecule has 2 rings (SSSR count). The zero-order chi connectivity index (χ0) is 20.8. The zero-order valence-corrected chi connectivity index (χ0v) is 15.6. The number of hydrogen-bond acceptors (Lipinski definition) is 4. The van der Waals surface area contributed by atoms with Crippen LogP contribution in [0.1, 0.15) is 51.0 Å². The first-order valence-corrected chi connectivity index (χ1v) is 9.10. The van der Waals surface area contributed by atoms with Crippen LogP contribution in [0.5, 0.6) is 0 Å². The second-order valence-corrected chi connectivity index (χ2v) is 6.95. The molecule has 6 nitrogen and oxygen atoms in total. The van der Waals surface area contributed by atoms with Crippen LogP contribution < -0.4 is 16.0 Å². The van der Waals surface area contributed by atoms with E-state index in [1.165, 1.54) is 13.0 Å². The third-order valence-electron chi connectivity index (χ3n) is 4.63. The maximum atomic E-state index is 13.3. The van der Waals surface area contributed by atoms with Crippen molar-refractivity contribution in [1.82, 2.24) is 5.32 Å². The quantitative estimate of drug-likeness (QED) is 0.660. The van der Waals surface area contributed by atoms with E-state index in [0.717, 1.165) is 37.8 Å². The molecular weight excluding hydrogens is 373 g/mol. The fraction of sp³-hybridized carbons (Fsp3) is 0.526. The van der Waals surface area contributed by atoms with Crippen molar-refractivity contribution in [2.45, 2.75) is 57.2 Å². The number of nitrogens with zero attached hydrogens (tertiary/aromatic N) is 1. The Morgan fingerprint density at radius 1 is 1.18 bits per heavy atom. The van der Waals surface area contributed by atoms with Crippen LogP contribution in [0.3, 0.4) is 0 Å². The number of nitrogens with one attached hydrogen (secondary N) is 3. The van der Waals surface area contributed by atoms with Gasteiger partial charge in [0.1, 0.15) is 5.54 Å². The lowest BCUT2D eigenvalue weighted by Gasteiger charge is -2.26. The van der Waals surface area contributed by atoms with Crippen molar-refractivity contribution in [2.24, 2.45) is 0 Å². The van der Waals surface area contributed by atoms with E-state index in [1.54, 1.807) is 0 Å². The van der Waals surface area contributed by atoms with Crippen LogP contribution in [0.2, 0.25) is 0 Å². The second kappa shape index (κ2) is 8.95. The van der Waals surface area contributed by atoms with Crippen LogP contribution in [0.15, 0.2) is 18.2 Å². The Balaban J connectivity index is 2.09. The molecule has 0 radical (unpaired) electrons. The molecule has 0 unspecified atom stereocenters. The molecule has 28 heavy (non-hydrogen) atoms. The number of benzene rings is 1. The Bertz CT molecular complexity index is 763. The molecule has 9 heteroatoms. The molecule has 0 spiro atoms. The lowest BCUT2D eigenvalue weighted by Crippen LogP contribution is -2.49. The van der Waals surface area contributed by atoms with Crippen molar-refractivity contribution in [3.8, 4) is 6.07 Å². The average molecular weight is 396 g/mol. The van der Waals surface area contributed by atoms with Crippen molar-refractivity contribution in [1.29, 1.82) is 5.26 Å². The summed E-state index contributed by atoms with van der Waals surface area (Å²) < 4.78 is 40.0. The van der Waals surface area contributed by atoms with Crippen LogP contribution in [-0.2, 0) is 15.8 Å². The van der Waals surface area contributed by atoms with Crippen molar-refractivity contribution in [3.05, 3.63) is 23.8 Å². The fourth-order valence-electron chi connectivity index (χ4n) is 3.30. The number of halogens is 3. The maximum absolute atomic E-state index is 13.3. The van der Waals surface area contributed by atoms with Gasteiger partial charge in [-0.25, -0.2) is 0 Å². The lowest BCUT2D eigenvalue weighted by molar-refractivity contribution is -0.137. The molecule has 0 heterocycles. The van der Waals surface area contributed by atoms with Gasteiger partial charge in [-0.2, -0.15) is 18.4 Å². The van der Waals surface area contributed by atoms with E-state index in [0.29, 0.717) is 12.8 Å². The van der Waals surface area contributed by atoms with Gasteiger partial charge in [0.25, 0.3) is 0 Å². The van der Waals surface area contributed by atoms with Crippen molar-refractivity contribution in [3.63, 3.8) is 0 Å². The van der Waals surface area contributed by atoms with Gasteiger partial charge in [0, 0.05) is 18.3 Å². The van der Waals surface area contributed by atoms with Gasteiger partial charge in [-0.05, 0) is 31.0 Å². The minimum atomic E-state index is -4.66. The Labute approximate surface area is 161 Å². The molecule has 0 bridgehead atoms. The highest BCUT2D eigenvalue weighted by Gasteiger charge is 2.35. The fourth-order valence-corrected chi connectivity index (χ4v) is 3.30. The molecule has 0 atom stereocenters. The smallest absolute Gasteiger partial charge is 0.376 e. The highest BCUT2D eigenvalue weighted by atomic mass is 19.4. The lowest BCUT2D eigenvalue weighted by atomic mass is 9.92. The maximum Gasteiger partial charge on any atom is 0.418 e. The minimum absolute atomic E-state index is 0.0108. The normalized spacial score (nSPS) is 16.4. The molecule has 0 aliphatic heterocycles. The number of carbonyl (C=O) groups is 2.